The molecule has 16 heavy (non-hydrogen) atoms. The van der Waals surface area contributed by atoms with Gasteiger partial charge in [0.25, 0.3) is 0 Å². The molecule has 0 unspecified atom stereocenters. The van der Waals surface area contributed by atoms with Crippen LogP contribution in [0.3, 0.4) is 0 Å². The van der Waals surface area contributed by atoms with Crippen LogP contribution in [-0.2, 0) is 19.6 Å². The first-order chi connectivity index (χ1) is 7.58. The molecule has 0 atom stereocenters. The fourth-order valence-electron chi connectivity index (χ4n) is 2.41. The van der Waals surface area contributed by atoms with Gasteiger partial charge in [0.15, 0.2) is 0 Å². The molecule has 0 radical (unpaired) electrons. The molecular formula is C14H22O2. The molecule has 0 fully saturated rings. The quantitative estimate of drug-likeness (QED) is 0.822. The Labute approximate surface area is 97.9 Å². The molecule has 0 spiro atoms. The lowest BCUT2D eigenvalue weighted by molar-refractivity contribution is 0.274. The molecule has 0 aliphatic heterocycles. The standard InChI is InChI=1S/C14H22O2/c1-5-6-12-11(4)13(7-15)9(2)10(3)14(12)8-16/h15-16H,5-8H2,1-4H3. The van der Waals surface area contributed by atoms with Crippen molar-refractivity contribution in [2.45, 2.75) is 53.8 Å². The van der Waals surface area contributed by atoms with Crippen molar-refractivity contribution in [2.24, 2.45) is 0 Å². The van der Waals surface area contributed by atoms with Gasteiger partial charge in [0, 0.05) is 0 Å². The van der Waals surface area contributed by atoms with E-state index in [1.54, 1.807) is 0 Å². The van der Waals surface area contributed by atoms with Gasteiger partial charge in [-0.2, -0.15) is 0 Å². The minimum atomic E-state index is 0.0843. The Hall–Kier alpha value is -0.860. The van der Waals surface area contributed by atoms with E-state index in [-0.39, 0.29) is 13.2 Å². The summed E-state index contributed by atoms with van der Waals surface area (Å²) in [5.74, 6) is 0. The first kappa shape index (κ1) is 13.2. The third kappa shape index (κ3) is 2.13. The Bertz CT molecular complexity index is 381. The lowest BCUT2D eigenvalue weighted by Gasteiger charge is -2.20. The zero-order chi connectivity index (χ0) is 12.3. The number of aliphatic hydroxyl groups excluding tert-OH is 2. The third-order valence-electron chi connectivity index (χ3n) is 3.55. The van der Waals surface area contributed by atoms with E-state index in [9.17, 15) is 10.2 Å². The van der Waals surface area contributed by atoms with Crippen LogP contribution >= 0.6 is 0 Å². The highest BCUT2D eigenvalue weighted by Crippen LogP contribution is 2.28. The van der Waals surface area contributed by atoms with E-state index in [0.29, 0.717) is 0 Å². The average Bonchev–Trinajstić information content (AvgIpc) is 2.27. The van der Waals surface area contributed by atoms with E-state index in [1.165, 1.54) is 5.56 Å². The molecule has 1 rings (SSSR count). The summed E-state index contributed by atoms with van der Waals surface area (Å²) in [5.41, 5.74) is 6.69. The minimum absolute atomic E-state index is 0.0843. The Balaban J connectivity index is 3.50. The Morgan fingerprint density at radius 2 is 1.25 bits per heavy atom. The second-order valence-corrected chi connectivity index (χ2v) is 4.38. The van der Waals surface area contributed by atoms with Crippen molar-refractivity contribution in [1.29, 1.82) is 0 Å². The summed E-state index contributed by atoms with van der Waals surface area (Å²) < 4.78 is 0. The van der Waals surface area contributed by atoms with Gasteiger partial charge in [0.2, 0.25) is 0 Å². The highest BCUT2D eigenvalue weighted by Gasteiger charge is 2.15. The zero-order valence-corrected chi connectivity index (χ0v) is 10.7. The van der Waals surface area contributed by atoms with E-state index in [0.717, 1.165) is 40.7 Å². The van der Waals surface area contributed by atoms with Crippen molar-refractivity contribution in [3.8, 4) is 0 Å². The third-order valence-corrected chi connectivity index (χ3v) is 3.55. The monoisotopic (exact) mass is 222 g/mol. The first-order valence-electron chi connectivity index (χ1n) is 5.90. The SMILES string of the molecule is CCCc1c(C)c(CO)c(C)c(C)c1CO. The van der Waals surface area contributed by atoms with Crippen molar-refractivity contribution in [3.05, 3.63) is 33.4 Å². The van der Waals surface area contributed by atoms with E-state index in [4.69, 9.17) is 0 Å². The van der Waals surface area contributed by atoms with Crippen molar-refractivity contribution in [2.75, 3.05) is 0 Å². The molecule has 0 aliphatic rings. The zero-order valence-electron chi connectivity index (χ0n) is 10.7. The van der Waals surface area contributed by atoms with E-state index in [2.05, 4.69) is 6.92 Å². The summed E-state index contributed by atoms with van der Waals surface area (Å²) in [6.07, 6.45) is 2.02. The first-order valence-corrected chi connectivity index (χ1v) is 5.90. The summed E-state index contributed by atoms with van der Waals surface area (Å²) in [6.45, 7) is 8.40. The smallest absolute Gasteiger partial charge is 0.0687 e. The molecule has 0 bridgehead atoms. The van der Waals surface area contributed by atoms with Gasteiger partial charge in [-0.1, -0.05) is 13.3 Å². The van der Waals surface area contributed by atoms with Crippen LogP contribution in [0.1, 0.15) is 46.7 Å². The molecule has 0 heterocycles. The van der Waals surface area contributed by atoms with Crippen LogP contribution in [0.15, 0.2) is 0 Å². The van der Waals surface area contributed by atoms with Crippen molar-refractivity contribution >= 4 is 0 Å². The Morgan fingerprint density at radius 1 is 0.750 bits per heavy atom. The highest BCUT2D eigenvalue weighted by atomic mass is 16.3. The summed E-state index contributed by atoms with van der Waals surface area (Å²) in [6, 6.07) is 0. The number of rotatable bonds is 4. The maximum absolute atomic E-state index is 9.48. The highest BCUT2D eigenvalue weighted by molar-refractivity contribution is 5.50. The number of benzene rings is 1. The van der Waals surface area contributed by atoms with Crippen LogP contribution in [0, 0.1) is 20.8 Å². The lowest BCUT2D eigenvalue weighted by Crippen LogP contribution is -2.08. The number of aliphatic hydroxyl groups is 2. The van der Waals surface area contributed by atoms with E-state index >= 15 is 0 Å². The topological polar surface area (TPSA) is 40.5 Å². The molecule has 0 saturated carbocycles. The molecule has 2 N–H and O–H groups in total. The minimum Gasteiger partial charge on any atom is -0.392 e. The molecular weight excluding hydrogens is 200 g/mol. The van der Waals surface area contributed by atoms with Gasteiger partial charge in [0.05, 0.1) is 13.2 Å². The summed E-state index contributed by atoms with van der Waals surface area (Å²) in [4.78, 5) is 0. The molecule has 0 saturated heterocycles. The van der Waals surface area contributed by atoms with Crippen LogP contribution in [0.4, 0.5) is 0 Å². The van der Waals surface area contributed by atoms with Gasteiger partial charge in [-0.15, -0.1) is 0 Å². The fraction of sp³-hybridized carbons (Fsp3) is 0.571. The van der Waals surface area contributed by atoms with Crippen molar-refractivity contribution in [3.63, 3.8) is 0 Å². The van der Waals surface area contributed by atoms with Crippen LogP contribution in [0.5, 0.6) is 0 Å². The molecule has 0 aromatic heterocycles. The fourth-order valence-corrected chi connectivity index (χ4v) is 2.41. The second-order valence-electron chi connectivity index (χ2n) is 4.38. The Kier molecular flexibility index (Phi) is 4.51. The normalized spacial score (nSPS) is 10.9. The summed E-state index contributed by atoms with van der Waals surface area (Å²) in [5, 5.41) is 18.9. The van der Waals surface area contributed by atoms with Crippen LogP contribution in [0.25, 0.3) is 0 Å². The largest absolute Gasteiger partial charge is 0.392 e. The molecule has 0 amide bonds. The van der Waals surface area contributed by atoms with Gasteiger partial charge in [-0.05, 0) is 60.6 Å². The van der Waals surface area contributed by atoms with Gasteiger partial charge >= 0.3 is 0 Å². The van der Waals surface area contributed by atoms with Gasteiger partial charge < -0.3 is 10.2 Å². The predicted octanol–water partition coefficient (Wildman–Crippen LogP) is 2.55. The van der Waals surface area contributed by atoms with Gasteiger partial charge in [-0.25, -0.2) is 0 Å². The molecule has 0 aliphatic carbocycles. The maximum atomic E-state index is 9.48. The average molecular weight is 222 g/mol. The van der Waals surface area contributed by atoms with Crippen LogP contribution in [0.2, 0.25) is 0 Å². The van der Waals surface area contributed by atoms with E-state index < -0.39 is 0 Å². The molecule has 2 heteroatoms. The van der Waals surface area contributed by atoms with Crippen LogP contribution in [-0.4, -0.2) is 10.2 Å². The molecule has 90 valence electrons. The molecule has 1 aromatic carbocycles. The Morgan fingerprint density at radius 3 is 1.69 bits per heavy atom. The summed E-state index contributed by atoms with van der Waals surface area (Å²) in [7, 11) is 0. The predicted molar refractivity (Wildman–Crippen MR) is 66.5 cm³/mol. The van der Waals surface area contributed by atoms with Crippen molar-refractivity contribution < 1.29 is 10.2 Å². The van der Waals surface area contributed by atoms with Gasteiger partial charge in [0.1, 0.15) is 0 Å². The number of hydrogen-bond donors (Lipinski definition) is 2. The van der Waals surface area contributed by atoms with Crippen molar-refractivity contribution in [1.82, 2.24) is 0 Å². The second kappa shape index (κ2) is 5.46. The molecule has 1 aromatic rings. The van der Waals surface area contributed by atoms with Crippen LogP contribution < -0.4 is 0 Å². The number of hydrogen-bond acceptors (Lipinski definition) is 2. The van der Waals surface area contributed by atoms with E-state index in [1.807, 2.05) is 20.8 Å². The summed E-state index contributed by atoms with van der Waals surface area (Å²) >= 11 is 0. The van der Waals surface area contributed by atoms with Gasteiger partial charge in [-0.3, -0.25) is 0 Å². The lowest BCUT2D eigenvalue weighted by atomic mass is 9.87. The molecule has 2 nitrogen and oxygen atoms in total. The maximum Gasteiger partial charge on any atom is 0.0687 e.